The molecule has 21 heavy (non-hydrogen) atoms. The van der Waals surface area contributed by atoms with E-state index in [1.807, 2.05) is 19.1 Å². The van der Waals surface area contributed by atoms with E-state index in [1.165, 1.54) is 4.31 Å². The number of anilines is 1. The zero-order valence-corrected chi connectivity index (χ0v) is 12.5. The Bertz CT molecular complexity index is 756. The van der Waals surface area contributed by atoms with Crippen molar-refractivity contribution in [3.63, 3.8) is 0 Å². The van der Waals surface area contributed by atoms with Crippen LogP contribution in [0.4, 0.5) is 5.69 Å². The Morgan fingerprint density at radius 2 is 1.86 bits per heavy atom. The molecule has 0 fully saturated rings. The van der Waals surface area contributed by atoms with Gasteiger partial charge in [0.15, 0.2) is 0 Å². The highest BCUT2D eigenvalue weighted by molar-refractivity contribution is 7.92. The molecule has 4 nitrogen and oxygen atoms in total. The molecule has 1 unspecified atom stereocenters. The normalized spacial score (nSPS) is 18.4. The Morgan fingerprint density at radius 1 is 1.14 bits per heavy atom. The van der Waals surface area contributed by atoms with E-state index in [0.29, 0.717) is 17.7 Å². The fourth-order valence-electron chi connectivity index (χ4n) is 2.65. The summed E-state index contributed by atoms with van der Waals surface area (Å²) in [5.74, 6) is 0. The molecule has 1 aliphatic rings. The van der Waals surface area contributed by atoms with Crippen LogP contribution in [0, 0.1) is 6.92 Å². The summed E-state index contributed by atoms with van der Waals surface area (Å²) >= 11 is 0. The number of sulfonamides is 1. The minimum atomic E-state index is -3.59. The van der Waals surface area contributed by atoms with Crippen LogP contribution in [0.15, 0.2) is 53.4 Å². The lowest BCUT2D eigenvalue weighted by atomic mass is 9.99. The van der Waals surface area contributed by atoms with Gasteiger partial charge in [-0.05, 0) is 31.5 Å². The van der Waals surface area contributed by atoms with Gasteiger partial charge in [-0.3, -0.25) is 4.31 Å². The van der Waals surface area contributed by atoms with E-state index >= 15 is 0 Å². The fraction of sp³-hybridized carbons (Fsp3) is 0.250. The molecule has 2 aromatic carbocycles. The van der Waals surface area contributed by atoms with E-state index in [-0.39, 0.29) is 11.4 Å². The van der Waals surface area contributed by atoms with Crippen molar-refractivity contribution in [2.75, 3.05) is 10.8 Å². The summed E-state index contributed by atoms with van der Waals surface area (Å²) in [4.78, 5) is 0.271. The van der Waals surface area contributed by atoms with Gasteiger partial charge >= 0.3 is 0 Å². The molecule has 3 rings (SSSR count). The minimum Gasteiger partial charge on any atom is -0.388 e. The number of aliphatic hydroxyl groups excluding tert-OH is 1. The smallest absolute Gasteiger partial charge is 0.264 e. The largest absolute Gasteiger partial charge is 0.388 e. The van der Waals surface area contributed by atoms with E-state index in [4.69, 9.17) is 0 Å². The molecule has 0 amide bonds. The molecule has 1 N–H and O–H groups in total. The molecule has 1 atom stereocenters. The van der Waals surface area contributed by atoms with Crippen LogP contribution in [-0.2, 0) is 10.0 Å². The maximum atomic E-state index is 12.8. The van der Waals surface area contributed by atoms with E-state index in [9.17, 15) is 13.5 Å². The highest BCUT2D eigenvalue weighted by Gasteiger charge is 2.32. The summed E-state index contributed by atoms with van der Waals surface area (Å²) in [5, 5.41) is 10.1. The molecule has 5 heteroatoms. The monoisotopic (exact) mass is 303 g/mol. The van der Waals surface area contributed by atoms with E-state index in [2.05, 4.69) is 0 Å². The number of aryl methyl sites for hydroxylation is 1. The number of nitrogens with zero attached hydrogens (tertiary/aromatic N) is 1. The predicted molar refractivity (Wildman–Crippen MR) is 81.7 cm³/mol. The molecule has 0 aromatic heterocycles. The van der Waals surface area contributed by atoms with Gasteiger partial charge in [-0.25, -0.2) is 8.42 Å². The van der Waals surface area contributed by atoms with Crippen molar-refractivity contribution >= 4 is 15.7 Å². The van der Waals surface area contributed by atoms with E-state index in [1.54, 1.807) is 36.4 Å². The van der Waals surface area contributed by atoms with Crippen LogP contribution in [0.5, 0.6) is 0 Å². The number of fused-ring (bicyclic) bond motifs is 1. The highest BCUT2D eigenvalue weighted by atomic mass is 32.2. The van der Waals surface area contributed by atoms with Gasteiger partial charge in [0.2, 0.25) is 0 Å². The van der Waals surface area contributed by atoms with Gasteiger partial charge in [-0.15, -0.1) is 0 Å². The highest BCUT2D eigenvalue weighted by Crippen LogP contribution is 2.37. The molecule has 110 valence electrons. The molecule has 0 spiro atoms. The average molecular weight is 303 g/mol. The lowest BCUT2D eigenvalue weighted by molar-refractivity contribution is 0.166. The van der Waals surface area contributed by atoms with Gasteiger partial charge in [0.25, 0.3) is 10.0 Å². The van der Waals surface area contributed by atoms with Crippen LogP contribution < -0.4 is 4.31 Å². The van der Waals surface area contributed by atoms with Gasteiger partial charge < -0.3 is 5.11 Å². The molecular weight excluding hydrogens is 286 g/mol. The summed E-state index contributed by atoms with van der Waals surface area (Å²) in [6, 6.07) is 13.9. The Kier molecular flexibility index (Phi) is 3.47. The first-order valence-electron chi connectivity index (χ1n) is 6.86. The topological polar surface area (TPSA) is 57.6 Å². The Labute approximate surface area is 124 Å². The van der Waals surface area contributed by atoms with Crippen molar-refractivity contribution in [3.8, 4) is 0 Å². The molecule has 0 aliphatic carbocycles. The third-order valence-corrected chi connectivity index (χ3v) is 5.57. The third kappa shape index (κ3) is 2.43. The van der Waals surface area contributed by atoms with Crippen LogP contribution in [-0.4, -0.2) is 20.1 Å². The van der Waals surface area contributed by atoms with Crippen molar-refractivity contribution in [1.29, 1.82) is 0 Å². The maximum absolute atomic E-state index is 12.8. The quantitative estimate of drug-likeness (QED) is 0.928. The Balaban J connectivity index is 2.12. The lowest BCUT2D eigenvalue weighted by Gasteiger charge is -2.33. The molecule has 0 radical (unpaired) electrons. The zero-order chi connectivity index (χ0) is 15.0. The van der Waals surface area contributed by atoms with Crippen molar-refractivity contribution in [3.05, 3.63) is 59.7 Å². The van der Waals surface area contributed by atoms with Gasteiger partial charge in [0.05, 0.1) is 16.7 Å². The van der Waals surface area contributed by atoms with Gasteiger partial charge in [-0.2, -0.15) is 0 Å². The first kappa shape index (κ1) is 14.1. The summed E-state index contributed by atoms with van der Waals surface area (Å²) in [7, 11) is -3.59. The lowest BCUT2D eigenvalue weighted by Crippen LogP contribution is -2.36. The maximum Gasteiger partial charge on any atom is 0.264 e. The zero-order valence-electron chi connectivity index (χ0n) is 11.7. The van der Waals surface area contributed by atoms with Crippen LogP contribution in [0.25, 0.3) is 0 Å². The van der Waals surface area contributed by atoms with Crippen LogP contribution in [0.2, 0.25) is 0 Å². The molecule has 0 bridgehead atoms. The van der Waals surface area contributed by atoms with Crippen molar-refractivity contribution in [2.45, 2.75) is 24.3 Å². The van der Waals surface area contributed by atoms with Crippen LogP contribution >= 0.6 is 0 Å². The second-order valence-corrected chi connectivity index (χ2v) is 7.12. The third-order valence-electron chi connectivity index (χ3n) is 3.75. The standard InChI is InChI=1S/C16H17NO3S/c1-12-7-8-15-14(11-12)16(18)9-10-17(15)21(19,20)13-5-3-2-4-6-13/h2-8,11,16,18H,9-10H2,1H3. The molecule has 0 saturated heterocycles. The van der Waals surface area contributed by atoms with E-state index < -0.39 is 16.1 Å². The summed E-state index contributed by atoms with van der Waals surface area (Å²) < 4.78 is 27.0. The van der Waals surface area contributed by atoms with Gasteiger partial charge in [0.1, 0.15) is 0 Å². The van der Waals surface area contributed by atoms with Gasteiger partial charge in [0, 0.05) is 12.1 Å². The number of aliphatic hydroxyl groups is 1. The molecule has 1 heterocycles. The van der Waals surface area contributed by atoms with E-state index in [0.717, 1.165) is 5.56 Å². The number of rotatable bonds is 2. The van der Waals surface area contributed by atoms with Crippen LogP contribution in [0.1, 0.15) is 23.7 Å². The second kappa shape index (κ2) is 5.16. The first-order chi connectivity index (χ1) is 10.00. The number of hydrogen-bond donors (Lipinski definition) is 1. The summed E-state index contributed by atoms with van der Waals surface area (Å²) in [6.07, 6.45) is -0.204. The Morgan fingerprint density at radius 3 is 2.57 bits per heavy atom. The predicted octanol–water partition coefficient (Wildman–Crippen LogP) is 2.63. The van der Waals surface area contributed by atoms with Crippen molar-refractivity contribution in [2.24, 2.45) is 0 Å². The second-order valence-electron chi connectivity index (χ2n) is 5.26. The SMILES string of the molecule is Cc1ccc2c(c1)C(O)CCN2S(=O)(=O)c1ccccc1. The van der Waals surface area contributed by atoms with Gasteiger partial charge in [-0.1, -0.05) is 35.9 Å². The molecule has 0 saturated carbocycles. The minimum absolute atomic E-state index is 0.271. The molecule has 1 aliphatic heterocycles. The van der Waals surface area contributed by atoms with Crippen molar-refractivity contribution in [1.82, 2.24) is 0 Å². The number of hydrogen-bond acceptors (Lipinski definition) is 3. The first-order valence-corrected chi connectivity index (χ1v) is 8.30. The van der Waals surface area contributed by atoms with Crippen LogP contribution in [0.3, 0.4) is 0 Å². The fourth-order valence-corrected chi connectivity index (χ4v) is 4.18. The number of benzene rings is 2. The average Bonchev–Trinajstić information content (AvgIpc) is 2.49. The summed E-state index contributed by atoms with van der Waals surface area (Å²) in [6.45, 7) is 2.21. The summed E-state index contributed by atoms with van der Waals surface area (Å²) in [5.41, 5.74) is 2.26. The molecular formula is C16H17NO3S. The Hall–Kier alpha value is -1.85. The molecule has 2 aromatic rings. The van der Waals surface area contributed by atoms with Crippen molar-refractivity contribution < 1.29 is 13.5 Å².